The van der Waals surface area contributed by atoms with E-state index < -0.39 is 6.72 Å². The van der Waals surface area contributed by atoms with E-state index in [1.165, 1.54) is 0 Å². The van der Waals surface area contributed by atoms with Crippen LogP contribution in [0, 0.1) is 0 Å². The molecule has 0 saturated carbocycles. The van der Waals surface area contributed by atoms with Crippen molar-refractivity contribution < 1.29 is 14.7 Å². The largest absolute Gasteiger partial charge is 0.325 e. The maximum Gasteiger partial charge on any atom is 0.319 e. The molecule has 0 unspecified atom stereocenters. The Balaban J connectivity index is -0.0000000667. The average Bonchev–Trinajstić information content (AvgIpc) is 1.73. The molecule has 0 aromatic rings. The molecule has 0 fully saturated rings. The zero-order valence-electron chi connectivity index (χ0n) is 12.5. The Kier molecular flexibility index (Phi) is 25.2. The first-order valence-electron chi connectivity index (χ1n) is 4.81. The third-order valence-corrected chi connectivity index (χ3v) is 0. The van der Waals surface area contributed by atoms with Gasteiger partial charge < -0.3 is 29.4 Å². The number of nitrogens with zero attached hydrogens (tertiary/aromatic N) is 3. The summed E-state index contributed by atoms with van der Waals surface area (Å²) in [5, 5.41) is 0. The first-order chi connectivity index (χ1) is 7.20. The van der Waals surface area contributed by atoms with Crippen molar-refractivity contribution in [1.29, 1.82) is 0 Å². The molecule has 0 rings (SSSR count). The Morgan fingerprint density at radius 1 is 0.588 bits per heavy atom. The van der Waals surface area contributed by atoms with Crippen LogP contribution in [-0.2, 0) is 11.8 Å². The summed E-state index contributed by atoms with van der Waals surface area (Å²) in [7, 11) is 18.0. The van der Waals surface area contributed by atoms with Crippen molar-refractivity contribution in [3.8, 4) is 0 Å². The summed E-state index contributed by atoms with van der Waals surface area (Å²) in [6.07, 6.45) is 0. The van der Waals surface area contributed by atoms with Gasteiger partial charge in [-0.3, -0.25) is 0 Å². The monoisotopic (exact) mass is 291 g/mol. The maximum absolute atomic E-state index is 7.56. The molecule has 0 aromatic carbocycles. The summed E-state index contributed by atoms with van der Waals surface area (Å²) in [5.41, 5.74) is 0. The van der Waals surface area contributed by atoms with E-state index in [9.17, 15) is 0 Å². The van der Waals surface area contributed by atoms with Gasteiger partial charge in [-0.2, -0.15) is 0 Å². The van der Waals surface area contributed by atoms with Crippen molar-refractivity contribution in [2.24, 2.45) is 0 Å². The van der Waals surface area contributed by atoms with Gasteiger partial charge in [0.05, 0.1) is 0 Å². The Hall–Kier alpha value is 0.410. The molecule has 3 N–H and O–H groups in total. The van der Waals surface area contributed by atoms with Gasteiger partial charge >= 0.3 is 6.72 Å². The van der Waals surface area contributed by atoms with Gasteiger partial charge in [-0.25, -0.2) is 0 Å². The number of rotatable bonds is 0. The number of hydrogen-bond acceptors (Lipinski definition) is 4. The van der Waals surface area contributed by atoms with Crippen molar-refractivity contribution >= 4 is 18.5 Å². The molecule has 0 aliphatic heterocycles. The first-order valence-corrected chi connectivity index (χ1v) is 7.47. The smallest absolute Gasteiger partial charge is 0.319 e. The van der Waals surface area contributed by atoms with E-state index in [1.54, 1.807) is 0 Å². The molecule has 0 heterocycles. The summed E-state index contributed by atoms with van der Waals surface area (Å²) < 4.78 is 0. The third-order valence-electron chi connectivity index (χ3n) is 0. The van der Waals surface area contributed by atoms with Gasteiger partial charge in [0.15, 0.2) is 0 Å². The highest BCUT2D eigenvalue weighted by Crippen LogP contribution is 2.26. The molecular formula is C9H30N3O3PS. The van der Waals surface area contributed by atoms with Crippen LogP contribution in [0.1, 0.15) is 0 Å². The van der Waals surface area contributed by atoms with Gasteiger partial charge in [0.1, 0.15) is 0 Å². The van der Waals surface area contributed by atoms with E-state index in [0.29, 0.717) is 0 Å². The van der Waals surface area contributed by atoms with Gasteiger partial charge in [0, 0.05) is 0 Å². The Morgan fingerprint density at radius 3 is 0.588 bits per heavy atom. The highest BCUT2D eigenvalue weighted by Gasteiger charge is 1.92. The maximum atomic E-state index is 7.56. The van der Waals surface area contributed by atoms with Crippen LogP contribution >= 0.6 is 6.72 Å². The zero-order valence-corrected chi connectivity index (χ0v) is 14.2. The van der Waals surface area contributed by atoms with Crippen molar-refractivity contribution in [2.75, 3.05) is 63.4 Å². The molecule has 110 valence electrons. The topological polar surface area (TPSA) is 70.4 Å². The van der Waals surface area contributed by atoms with Crippen LogP contribution in [0.4, 0.5) is 0 Å². The van der Waals surface area contributed by atoms with Crippen molar-refractivity contribution in [2.45, 2.75) is 0 Å². The fourth-order valence-electron chi connectivity index (χ4n) is 0. The van der Waals surface area contributed by atoms with Gasteiger partial charge in [0.2, 0.25) is 0 Å². The summed E-state index contributed by atoms with van der Waals surface area (Å²) in [6.45, 7) is -3.81. The minimum atomic E-state index is -3.81. The second-order valence-electron chi connectivity index (χ2n) is 4.54. The van der Waals surface area contributed by atoms with E-state index in [1.807, 2.05) is 78.1 Å². The van der Waals surface area contributed by atoms with Gasteiger partial charge in [-0.05, 0) is 75.2 Å². The molecule has 0 aliphatic rings. The molecule has 17 heavy (non-hydrogen) atoms. The van der Waals surface area contributed by atoms with Crippen molar-refractivity contribution in [1.82, 2.24) is 14.7 Å². The van der Waals surface area contributed by atoms with Crippen LogP contribution in [0.2, 0.25) is 0 Å². The lowest BCUT2D eigenvalue weighted by Gasteiger charge is -1.90. The van der Waals surface area contributed by atoms with Crippen LogP contribution in [0.3, 0.4) is 0 Å². The molecule has 0 aliphatic carbocycles. The second-order valence-corrected chi connectivity index (χ2v) is 7.03. The highest BCUT2D eigenvalue weighted by molar-refractivity contribution is 8.06. The molecule has 0 radical (unpaired) electrons. The summed E-state index contributed by atoms with van der Waals surface area (Å²) in [4.78, 5) is 28.7. The van der Waals surface area contributed by atoms with E-state index in [4.69, 9.17) is 14.7 Å². The fraction of sp³-hybridized carbons (Fsp3) is 1.00. The Morgan fingerprint density at radius 2 is 0.588 bits per heavy atom. The van der Waals surface area contributed by atoms with Crippen LogP contribution < -0.4 is 0 Å². The summed E-state index contributed by atoms with van der Waals surface area (Å²) in [6, 6.07) is 0. The normalized spacial score (nSPS) is 9.82. The molecule has 8 heteroatoms. The Labute approximate surface area is 112 Å². The predicted octanol–water partition coefficient (Wildman–Crippen LogP) is -0.279. The lowest BCUT2D eigenvalue weighted by molar-refractivity contribution is 0.363. The quantitative estimate of drug-likeness (QED) is 0.530. The SMILES string of the molecule is CN(C)C.CN(C)C.CN(C)C.OP(O)(O)=S. The van der Waals surface area contributed by atoms with Crippen LogP contribution in [-0.4, -0.2) is 92.8 Å². The van der Waals surface area contributed by atoms with Crippen molar-refractivity contribution in [3.05, 3.63) is 0 Å². The molecule has 0 spiro atoms. The van der Waals surface area contributed by atoms with E-state index in [2.05, 4.69) is 11.8 Å². The van der Waals surface area contributed by atoms with Crippen LogP contribution in [0.15, 0.2) is 0 Å². The van der Waals surface area contributed by atoms with E-state index in [-0.39, 0.29) is 0 Å². The second kappa shape index (κ2) is 16.4. The summed E-state index contributed by atoms with van der Waals surface area (Å²) in [5.74, 6) is 0. The molecule has 0 aromatic heterocycles. The minimum Gasteiger partial charge on any atom is -0.325 e. The zero-order chi connectivity index (χ0) is 15.2. The molecule has 0 bridgehead atoms. The minimum absolute atomic E-state index is 2.00. The van der Waals surface area contributed by atoms with E-state index in [0.717, 1.165) is 0 Å². The summed E-state index contributed by atoms with van der Waals surface area (Å²) >= 11 is 3.60. The third kappa shape index (κ3) is 20300. The molecule has 6 nitrogen and oxygen atoms in total. The lowest BCUT2D eigenvalue weighted by Crippen LogP contribution is -1.99. The molecule has 0 saturated heterocycles. The Bertz CT molecular complexity index is 144. The van der Waals surface area contributed by atoms with Crippen LogP contribution in [0.5, 0.6) is 0 Å². The lowest BCUT2D eigenvalue weighted by atomic mass is 11.0. The van der Waals surface area contributed by atoms with Crippen LogP contribution in [0.25, 0.3) is 0 Å². The predicted molar refractivity (Wildman–Crippen MR) is 79.8 cm³/mol. The van der Waals surface area contributed by atoms with Crippen molar-refractivity contribution in [3.63, 3.8) is 0 Å². The van der Waals surface area contributed by atoms with E-state index >= 15 is 0 Å². The first kappa shape index (κ1) is 26.1. The fourth-order valence-corrected chi connectivity index (χ4v) is 0. The number of hydrogen-bond donors (Lipinski definition) is 3. The van der Waals surface area contributed by atoms with Gasteiger partial charge in [-0.1, -0.05) is 0 Å². The highest BCUT2D eigenvalue weighted by atomic mass is 32.5. The molecule has 0 amide bonds. The van der Waals surface area contributed by atoms with Gasteiger partial charge in [0.25, 0.3) is 0 Å². The standard InChI is InChI=1S/3C3H9N.H3O3PS/c3*1-4(2)3;1-4(2,3)5/h3*1-3H3;(H3,1,2,3,5). The van der Waals surface area contributed by atoms with Gasteiger partial charge in [-0.15, -0.1) is 0 Å². The average molecular weight is 291 g/mol. The molecule has 0 atom stereocenters. The molecular weight excluding hydrogens is 261 g/mol.